The molecular formula is C14H10F2N6O3. The van der Waals surface area contributed by atoms with Crippen molar-refractivity contribution >= 4 is 28.8 Å². The van der Waals surface area contributed by atoms with Crippen molar-refractivity contribution in [1.29, 1.82) is 0 Å². The number of nitrogens with zero attached hydrogens (tertiary/aromatic N) is 4. The van der Waals surface area contributed by atoms with E-state index in [2.05, 4.69) is 25.8 Å². The van der Waals surface area contributed by atoms with Crippen molar-refractivity contribution in [3.05, 3.63) is 58.1 Å². The summed E-state index contributed by atoms with van der Waals surface area (Å²) in [6.07, 6.45) is 1.03. The molecule has 0 aliphatic heterocycles. The number of halogens is 2. The van der Waals surface area contributed by atoms with Gasteiger partial charge < -0.3 is 15.2 Å². The Morgan fingerprint density at radius 1 is 1.16 bits per heavy atom. The van der Waals surface area contributed by atoms with Crippen LogP contribution in [-0.2, 0) is 0 Å². The minimum Gasteiger partial charge on any atom is -0.360 e. The zero-order valence-electron chi connectivity index (χ0n) is 12.7. The quantitative estimate of drug-likeness (QED) is 0.531. The van der Waals surface area contributed by atoms with E-state index in [1.54, 1.807) is 6.92 Å². The zero-order chi connectivity index (χ0) is 18.0. The van der Waals surface area contributed by atoms with Crippen LogP contribution in [0.2, 0.25) is 0 Å². The summed E-state index contributed by atoms with van der Waals surface area (Å²) in [7, 11) is 0. The standard InChI is InChI=1S/C14H10F2N6O3/c1-7-4-11(21-25-7)20-14-12(22(23)24)13(17-6-18-14)19-10-5-8(15)2-3-9(10)16/h2-6H,1H3,(H2,17,18,19,20,21). The maximum atomic E-state index is 13.8. The first kappa shape index (κ1) is 16.2. The fourth-order valence-corrected chi connectivity index (χ4v) is 2.00. The van der Waals surface area contributed by atoms with Crippen LogP contribution in [0.25, 0.3) is 0 Å². The number of aryl methyl sites for hydroxylation is 1. The van der Waals surface area contributed by atoms with E-state index in [0.29, 0.717) is 5.76 Å². The molecule has 2 heterocycles. The number of benzene rings is 1. The highest BCUT2D eigenvalue weighted by atomic mass is 19.1. The molecule has 0 amide bonds. The molecule has 128 valence electrons. The summed E-state index contributed by atoms with van der Waals surface area (Å²) in [5.74, 6) is -1.32. The second kappa shape index (κ2) is 6.47. The summed E-state index contributed by atoms with van der Waals surface area (Å²) in [5, 5.41) is 20.1. The van der Waals surface area contributed by atoms with E-state index in [-0.39, 0.29) is 23.1 Å². The van der Waals surface area contributed by atoms with Gasteiger partial charge in [0.15, 0.2) is 5.82 Å². The first-order valence-corrected chi connectivity index (χ1v) is 6.86. The van der Waals surface area contributed by atoms with Crippen molar-refractivity contribution in [3.8, 4) is 0 Å². The van der Waals surface area contributed by atoms with Gasteiger partial charge in [-0.05, 0) is 19.1 Å². The third-order valence-electron chi connectivity index (χ3n) is 3.06. The summed E-state index contributed by atoms with van der Waals surface area (Å²) in [5.41, 5.74) is -0.864. The molecule has 0 aliphatic carbocycles. The highest BCUT2D eigenvalue weighted by molar-refractivity contribution is 5.76. The molecule has 0 bridgehead atoms. The minimum absolute atomic E-state index is 0.187. The normalized spacial score (nSPS) is 10.5. The van der Waals surface area contributed by atoms with Crippen LogP contribution in [-0.4, -0.2) is 20.0 Å². The topological polar surface area (TPSA) is 119 Å². The lowest BCUT2D eigenvalue weighted by Crippen LogP contribution is -2.06. The van der Waals surface area contributed by atoms with Crippen LogP contribution in [0.1, 0.15) is 5.76 Å². The maximum absolute atomic E-state index is 13.8. The molecule has 0 saturated heterocycles. The molecule has 3 aromatic rings. The Kier molecular flexibility index (Phi) is 4.20. The monoisotopic (exact) mass is 348 g/mol. The predicted octanol–water partition coefficient (Wildman–Crippen LogP) is 3.45. The Morgan fingerprint density at radius 3 is 2.52 bits per heavy atom. The number of rotatable bonds is 5. The van der Waals surface area contributed by atoms with Crippen molar-refractivity contribution < 1.29 is 18.2 Å². The molecule has 0 atom stereocenters. The van der Waals surface area contributed by atoms with Crippen LogP contribution in [0.4, 0.5) is 37.6 Å². The highest BCUT2D eigenvalue weighted by Gasteiger charge is 2.24. The molecular weight excluding hydrogens is 338 g/mol. The van der Waals surface area contributed by atoms with Gasteiger partial charge in [-0.25, -0.2) is 18.7 Å². The fourth-order valence-electron chi connectivity index (χ4n) is 2.00. The van der Waals surface area contributed by atoms with Crippen molar-refractivity contribution in [2.75, 3.05) is 10.6 Å². The van der Waals surface area contributed by atoms with Gasteiger partial charge in [0.25, 0.3) is 0 Å². The SMILES string of the molecule is Cc1cc(Nc2ncnc(Nc3cc(F)ccc3F)c2[N+](=O)[O-])no1. The number of anilines is 4. The molecule has 25 heavy (non-hydrogen) atoms. The molecule has 11 heteroatoms. The second-order valence-corrected chi connectivity index (χ2v) is 4.87. The van der Waals surface area contributed by atoms with Gasteiger partial charge >= 0.3 is 5.69 Å². The van der Waals surface area contributed by atoms with Crippen LogP contribution in [0.15, 0.2) is 35.1 Å². The summed E-state index contributed by atoms with van der Waals surface area (Å²) < 4.78 is 31.9. The number of nitrogens with one attached hydrogen (secondary N) is 2. The Balaban J connectivity index is 2.00. The van der Waals surface area contributed by atoms with Crippen molar-refractivity contribution in [1.82, 2.24) is 15.1 Å². The Labute approximate surface area is 138 Å². The van der Waals surface area contributed by atoms with Crippen molar-refractivity contribution in [2.24, 2.45) is 0 Å². The average molecular weight is 348 g/mol. The van der Waals surface area contributed by atoms with Crippen LogP contribution in [0.3, 0.4) is 0 Å². The minimum atomic E-state index is -0.795. The largest absolute Gasteiger partial charge is 0.360 e. The van der Waals surface area contributed by atoms with Crippen molar-refractivity contribution in [2.45, 2.75) is 6.92 Å². The van der Waals surface area contributed by atoms with E-state index < -0.39 is 22.2 Å². The molecule has 0 fully saturated rings. The van der Waals surface area contributed by atoms with Gasteiger partial charge in [-0.1, -0.05) is 5.16 Å². The third-order valence-corrected chi connectivity index (χ3v) is 3.06. The lowest BCUT2D eigenvalue weighted by atomic mass is 10.3. The van der Waals surface area contributed by atoms with E-state index >= 15 is 0 Å². The molecule has 1 aromatic carbocycles. The van der Waals surface area contributed by atoms with E-state index in [1.165, 1.54) is 6.07 Å². The van der Waals surface area contributed by atoms with Crippen LogP contribution < -0.4 is 10.6 Å². The summed E-state index contributed by atoms with van der Waals surface area (Å²) in [4.78, 5) is 18.2. The van der Waals surface area contributed by atoms with Crippen LogP contribution in [0.5, 0.6) is 0 Å². The number of hydrogen-bond acceptors (Lipinski definition) is 8. The van der Waals surface area contributed by atoms with Crippen LogP contribution in [0, 0.1) is 28.7 Å². The molecule has 2 N–H and O–H groups in total. The molecule has 0 saturated carbocycles. The maximum Gasteiger partial charge on any atom is 0.353 e. The fraction of sp³-hybridized carbons (Fsp3) is 0.0714. The lowest BCUT2D eigenvalue weighted by molar-refractivity contribution is -0.383. The number of hydrogen-bond donors (Lipinski definition) is 2. The van der Waals surface area contributed by atoms with Gasteiger partial charge in [0, 0.05) is 12.1 Å². The van der Waals surface area contributed by atoms with Crippen molar-refractivity contribution in [3.63, 3.8) is 0 Å². The van der Waals surface area contributed by atoms with E-state index in [4.69, 9.17) is 4.52 Å². The highest BCUT2D eigenvalue weighted by Crippen LogP contribution is 2.33. The van der Waals surface area contributed by atoms with Gasteiger partial charge in [-0.3, -0.25) is 10.1 Å². The van der Waals surface area contributed by atoms with E-state index in [1.807, 2.05) is 0 Å². The van der Waals surface area contributed by atoms with Gasteiger partial charge in [0.2, 0.25) is 11.6 Å². The lowest BCUT2D eigenvalue weighted by Gasteiger charge is -2.09. The Bertz CT molecular complexity index is 946. The Hall–Kier alpha value is -3.63. The van der Waals surface area contributed by atoms with Gasteiger partial charge in [0.05, 0.1) is 10.6 Å². The first-order chi connectivity index (χ1) is 11.9. The molecule has 3 rings (SSSR count). The number of aromatic nitrogens is 3. The molecule has 0 aliphatic rings. The Morgan fingerprint density at radius 2 is 1.88 bits per heavy atom. The van der Waals surface area contributed by atoms with E-state index in [9.17, 15) is 18.9 Å². The zero-order valence-corrected chi connectivity index (χ0v) is 12.7. The molecule has 0 radical (unpaired) electrons. The summed E-state index contributed by atoms with van der Waals surface area (Å²) in [6, 6.07) is 4.18. The molecule has 0 unspecified atom stereocenters. The van der Waals surface area contributed by atoms with Gasteiger partial charge in [-0.15, -0.1) is 0 Å². The first-order valence-electron chi connectivity index (χ1n) is 6.86. The molecule has 0 spiro atoms. The smallest absolute Gasteiger partial charge is 0.353 e. The van der Waals surface area contributed by atoms with E-state index in [0.717, 1.165) is 24.5 Å². The number of nitro groups is 1. The van der Waals surface area contributed by atoms with Crippen LogP contribution >= 0.6 is 0 Å². The van der Waals surface area contributed by atoms with Gasteiger partial charge in [-0.2, -0.15) is 0 Å². The molecule has 9 nitrogen and oxygen atoms in total. The molecule has 2 aromatic heterocycles. The summed E-state index contributed by atoms with van der Waals surface area (Å²) >= 11 is 0. The average Bonchev–Trinajstić information content (AvgIpc) is 2.96. The van der Waals surface area contributed by atoms with Gasteiger partial charge in [0.1, 0.15) is 23.7 Å². The summed E-state index contributed by atoms with van der Waals surface area (Å²) in [6.45, 7) is 1.65. The third kappa shape index (κ3) is 3.49. The second-order valence-electron chi connectivity index (χ2n) is 4.87. The predicted molar refractivity (Wildman–Crippen MR) is 82.8 cm³/mol.